The van der Waals surface area contributed by atoms with E-state index in [1.807, 2.05) is 0 Å². The Morgan fingerprint density at radius 2 is 1.71 bits per heavy atom. The predicted octanol–water partition coefficient (Wildman–Crippen LogP) is 3.34. The van der Waals surface area contributed by atoms with Crippen molar-refractivity contribution in [1.29, 1.82) is 0 Å². The number of rotatable bonds is 10. The summed E-state index contributed by atoms with van der Waals surface area (Å²) >= 11 is 0. The van der Waals surface area contributed by atoms with Crippen molar-refractivity contribution in [3.05, 3.63) is 59.9 Å². The second-order valence-electron chi connectivity index (χ2n) is 6.01. The van der Waals surface area contributed by atoms with Crippen LogP contribution in [0.1, 0.15) is 24.2 Å². The van der Waals surface area contributed by atoms with Gasteiger partial charge in [0.25, 0.3) is 5.91 Å². The molecule has 0 fully saturated rings. The van der Waals surface area contributed by atoms with Crippen molar-refractivity contribution >= 4 is 17.6 Å². The number of para-hydroxylation sites is 1. The first kappa shape index (κ1) is 21.4. The summed E-state index contributed by atoms with van der Waals surface area (Å²) in [7, 11) is 0. The first-order chi connectivity index (χ1) is 13.5. The zero-order valence-corrected chi connectivity index (χ0v) is 16.1. The molecular weight excluding hydrogens is 363 g/mol. The minimum atomic E-state index is -0.529. The second kappa shape index (κ2) is 11.0. The topological polar surface area (TPSA) is 67.9 Å². The Morgan fingerprint density at radius 1 is 1.04 bits per heavy atom. The highest BCUT2D eigenvalue weighted by atomic mass is 19.1. The van der Waals surface area contributed by atoms with Gasteiger partial charge in [0, 0.05) is 12.2 Å². The van der Waals surface area contributed by atoms with E-state index in [4.69, 9.17) is 9.47 Å². The third-order valence-corrected chi connectivity index (χ3v) is 4.13. The van der Waals surface area contributed by atoms with Crippen LogP contribution in [0.15, 0.2) is 48.5 Å². The van der Waals surface area contributed by atoms with Crippen LogP contribution in [0.5, 0.6) is 5.75 Å². The smallest absolute Gasteiger partial charge is 0.338 e. The number of nitrogens with zero attached hydrogens (tertiary/aromatic N) is 1. The number of anilines is 1. The van der Waals surface area contributed by atoms with Gasteiger partial charge < -0.3 is 19.7 Å². The normalized spacial score (nSPS) is 10.6. The van der Waals surface area contributed by atoms with Gasteiger partial charge in [-0.15, -0.1) is 0 Å². The monoisotopic (exact) mass is 388 g/mol. The van der Waals surface area contributed by atoms with E-state index in [-0.39, 0.29) is 12.4 Å². The van der Waals surface area contributed by atoms with Crippen LogP contribution in [0.25, 0.3) is 0 Å². The fraction of sp³-hybridized carbons (Fsp3) is 0.333. The number of carbonyl (C=O) groups excluding carboxylic acids is 2. The molecule has 1 N–H and O–H groups in total. The molecule has 0 aliphatic rings. The van der Waals surface area contributed by atoms with Crippen molar-refractivity contribution < 1.29 is 23.5 Å². The van der Waals surface area contributed by atoms with E-state index < -0.39 is 17.7 Å². The van der Waals surface area contributed by atoms with Crippen molar-refractivity contribution in [3.63, 3.8) is 0 Å². The maximum absolute atomic E-state index is 13.5. The number of esters is 1. The van der Waals surface area contributed by atoms with Gasteiger partial charge in [-0.25, -0.2) is 9.18 Å². The largest absolute Gasteiger partial charge is 0.481 e. The maximum Gasteiger partial charge on any atom is 0.338 e. The molecular formula is C21H25FN2O4. The molecule has 0 heterocycles. The van der Waals surface area contributed by atoms with Crippen LogP contribution < -0.4 is 10.1 Å². The third-order valence-electron chi connectivity index (χ3n) is 4.13. The lowest BCUT2D eigenvalue weighted by Gasteiger charge is -2.17. The maximum atomic E-state index is 13.5. The molecule has 2 aromatic carbocycles. The van der Waals surface area contributed by atoms with Crippen LogP contribution in [0.4, 0.5) is 10.1 Å². The van der Waals surface area contributed by atoms with E-state index in [1.54, 1.807) is 36.4 Å². The predicted molar refractivity (Wildman–Crippen MR) is 105 cm³/mol. The van der Waals surface area contributed by atoms with Crippen molar-refractivity contribution in [2.45, 2.75) is 13.8 Å². The van der Waals surface area contributed by atoms with Crippen molar-refractivity contribution in [2.24, 2.45) is 0 Å². The molecule has 0 bridgehead atoms. The highest BCUT2D eigenvalue weighted by molar-refractivity contribution is 5.93. The Kier molecular flexibility index (Phi) is 8.42. The molecule has 2 rings (SSSR count). The number of halogens is 1. The highest BCUT2D eigenvalue weighted by Gasteiger charge is 2.10. The number of likely N-dealkylation sites (N-methyl/N-ethyl adjacent to an activating group) is 1. The van der Waals surface area contributed by atoms with Gasteiger partial charge in [0.15, 0.2) is 18.2 Å². The summed E-state index contributed by atoms with van der Waals surface area (Å²) in [5.74, 6) is -1.36. The number of amides is 1. The first-order valence-corrected chi connectivity index (χ1v) is 9.20. The van der Waals surface area contributed by atoms with Gasteiger partial charge in [-0.2, -0.15) is 0 Å². The SMILES string of the molecule is CCN(CC)CCOC(=O)c1ccc(NC(=O)COc2ccccc2F)cc1. The fourth-order valence-electron chi connectivity index (χ4n) is 2.48. The molecule has 0 spiro atoms. The van der Waals surface area contributed by atoms with Gasteiger partial charge in [-0.1, -0.05) is 26.0 Å². The summed E-state index contributed by atoms with van der Waals surface area (Å²) < 4.78 is 23.9. The van der Waals surface area contributed by atoms with Crippen LogP contribution in [0.3, 0.4) is 0 Å². The van der Waals surface area contributed by atoms with Crippen molar-refractivity contribution in [1.82, 2.24) is 4.90 Å². The molecule has 28 heavy (non-hydrogen) atoms. The molecule has 7 heteroatoms. The Bertz CT molecular complexity index is 776. The summed E-state index contributed by atoms with van der Waals surface area (Å²) in [6.07, 6.45) is 0. The summed E-state index contributed by atoms with van der Waals surface area (Å²) in [6, 6.07) is 12.2. The summed E-state index contributed by atoms with van der Waals surface area (Å²) in [4.78, 5) is 26.1. The molecule has 0 saturated carbocycles. The van der Waals surface area contributed by atoms with Gasteiger partial charge in [0.1, 0.15) is 6.61 Å². The number of hydrogen-bond donors (Lipinski definition) is 1. The number of nitrogens with one attached hydrogen (secondary N) is 1. The summed E-state index contributed by atoms with van der Waals surface area (Å²) in [5, 5.41) is 2.63. The Hall–Kier alpha value is -2.93. The van der Waals surface area contributed by atoms with Gasteiger partial charge in [0.2, 0.25) is 0 Å². The lowest BCUT2D eigenvalue weighted by molar-refractivity contribution is -0.118. The average Bonchev–Trinajstić information content (AvgIpc) is 2.71. The van der Waals surface area contributed by atoms with E-state index in [2.05, 4.69) is 24.1 Å². The van der Waals surface area contributed by atoms with Crippen molar-refractivity contribution in [3.8, 4) is 5.75 Å². The van der Waals surface area contributed by atoms with E-state index in [0.29, 0.717) is 24.4 Å². The zero-order chi connectivity index (χ0) is 20.4. The third kappa shape index (κ3) is 6.66. The van der Waals surface area contributed by atoms with Gasteiger partial charge in [-0.05, 0) is 49.5 Å². The van der Waals surface area contributed by atoms with Crippen LogP contribution in [-0.4, -0.2) is 49.6 Å². The van der Waals surface area contributed by atoms with Gasteiger partial charge >= 0.3 is 5.97 Å². The number of benzene rings is 2. The molecule has 1 amide bonds. The van der Waals surface area contributed by atoms with Gasteiger partial charge in [-0.3, -0.25) is 4.79 Å². The van der Waals surface area contributed by atoms with Crippen molar-refractivity contribution in [2.75, 3.05) is 38.2 Å². The summed E-state index contributed by atoms with van der Waals surface area (Å²) in [6.45, 7) is 6.61. The molecule has 0 atom stereocenters. The van der Waals surface area contributed by atoms with E-state index in [1.165, 1.54) is 12.1 Å². The van der Waals surface area contributed by atoms with E-state index >= 15 is 0 Å². The molecule has 150 valence electrons. The molecule has 0 unspecified atom stereocenters. The Morgan fingerprint density at radius 3 is 2.36 bits per heavy atom. The molecule has 0 aliphatic carbocycles. The van der Waals surface area contributed by atoms with Crippen LogP contribution >= 0.6 is 0 Å². The molecule has 2 aromatic rings. The van der Waals surface area contributed by atoms with Crippen LogP contribution in [-0.2, 0) is 9.53 Å². The molecule has 0 aromatic heterocycles. The van der Waals surface area contributed by atoms with Crippen LogP contribution in [0, 0.1) is 5.82 Å². The van der Waals surface area contributed by atoms with Gasteiger partial charge in [0.05, 0.1) is 5.56 Å². The minimum Gasteiger partial charge on any atom is -0.481 e. The Balaban J connectivity index is 1.79. The second-order valence-corrected chi connectivity index (χ2v) is 6.01. The quantitative estimate of drug-likeness (QED) is 0.633. The fourth-order valence-corrected chi connectivity index (χ4v) is 2.48. The number of carbonyl (C=O) groups is 2. The molecule has 0 aliphatic heterocycles. The Labute approximate surface area is 164 Å². The number of hydrogen-bond acceptors (Lipinski definition) is 5. The van der Waals surface area contributed by atoms with E-state index in [0.717, 1.165) is 13.1 Å². The average molecular weight is 388 g/mol. The lowest BCUT2D eigenvalue weighted by atomic mass is 10.2. The molecule has 0 radical (unpaired) electrons. The minimum absolute atomic E-state index is 0.0143. The standard InChI is InChI=1S/C21H25FN2O4/c1-3-24(4-2)13-14-27-21(26)16-9-11-17(12-10-16)23-20(25)15-28-19-8-6-5-7-18(19)22/h5-12H,3-4,13-15H2,1-2H3,(H,23,25). The molecule has 0 saturated heterocycles. The highest BCUT2D eigenvalue weighted by Crippen LogP contribution is 2.15. The first-order valence-electron chi connectivity index (χ1n) is 9.20. The lowest BCUT2D eigenvalue weighted by Crippen LogP contribution is -2.27. The summed E-state index contributed by atoms with van der Waals surface area (Å²) in [5.41, 5.74) is 0.905. The molecule has 6 nitrogen and oxygen atoms in total. The number of ether oxygens (including phenoxy) is 2. The van der Waals surface area contributed by atoms with E-state index in [9.17, 15) is 14.0 Å². The zero-order valence-electron chi connectivity index (χ0n) is 16.1. The van der Waals surface area contributed by atoms with Crippen LogP contribution in [0.2, 0.25) is 0 Å².